The van der Waals surface area contributed by atoms with Gasteiger partial charge < -0.3 is 9.16 Å². The summed E-state index contributed by atoms with van der Waals surface area (Å²) in [4.78, 5) is 0. The van der Waals surface area contributed by atoms with E-state index in [9.17, 15) is 0 Å². The molecule has 0 spiro atoms. The van der Waals surface area contributed by atoms with Gasteiger partial charge in [0.15, 0.2) is 8.32 Å². The molecular formula is C17H36O2Si. The van der Waals surface area contributed by atoms with E-state index in [1.807, 2.05) is 0 Å². The van der Waals surface area contributed by atoms with Gasteiger partial charge in [-0.15, -0.1) is 6.58 Å². The summed E-state index contributed by atoms with van der Waals surface area (Å²) >= 11 is 0. The van der Waals surface area contributed by atoms with Gasteiger partial charge in [-0.05, 0) is 44.3 Å². The third-order valence-electron chi connectivity index (χ3n) is 4.31. The van der Waals surface area contributed by atoms with Gasteiger partial charge in [0.05, 0.1) is 6.10 Å². The smallest absolute Gasteiger partial charge is 0.192 e. The van der Waals surface area contributed by atoms with E-state index in [2.05, 4.69) is 54.3 Å². The molecule has 0 rings (SSSR count). The molecule has 120 valence electrons. The molecule has 2 atom stereocenters. The molecule has 0 aliphatic heterocycles. The molecule has 0 aliphatic carbocycles. The van der Waals surface area contributed by atoms with Crippen molar-refractivity contribution < 1.29 is 9.16 Å². The lowest BCUT2D eigenvalue weighted by Crippen LogP contribution is -2.44. The van der Waals surface area contributed by atoms with E-state index >= 15 is 0 Å². The molecule has 0 heterocycles. The number of rotatable bonds is 9. The molecular weight excluding hydrogens is 264 g/mol. The second kappa shape index (κ2) is 8.35. The van der Waals surface area contributed by atoms with Gasteiger partial charge >= 0.3 is 0 Å². The summed E-state index contributed by atoms with van der Waals surface area (Å²) in [6.07, 6.45) is 4.71. The summed E-state index contributed by atoms with van der Waals surface area (Å²) in [5.41, 5.74) is 1.18. The highest BCUT2D eigenvalue weighted by Crippen LogP contribution is 2.38. The van der Waals surface area contributed by atoms with E-state index in [1.165, 1.54) is 5.57 Å². The van der Waals surface area contributed by atoms with Gasteiger partial charge in [0.25, 0.3) is 0 Å². The summed E-state index contributed by atoms with van der Waals surface area (Å²) in [7, 11) is 0.0918. The average molecular weight is 301 g/mol. The molecule has 20 heavy (non-hydrogen) atoms. The van der Waals surface area contributed by atoms with E-state index < -0.39 is 8.32 Å². The number of ether oxygens (including phenoxy) is 1. The predicted octanol–water partition coefficient (Wildman–Crippen LogP) is 5.55. The molecule has 3 heteroatoms. The molecule has 0 N–H and O–H groups in total. The normalized spacial score (nSPS) is 16.0. The summed E-state index contributed by atoms with van der Waals surface area (Å²) in [6.45, 7) is 19.8. The molecule has 0 fully saturated rings. The summed E-state index contributed by atoms with van der Waals surface area (Å²) in [5, 5.41) is 0.260. The number of methoxy groups -OCH3 is 1. The zero-order valence-electron chi connectivity index (χ0n) is 15.0. The van der Waals surface area contributed by atoms with Crippen LogP contribution in [0.2, 0.25) is 18.1 Å². The van der Waals surface area contributed by atoms with Crippen molar-refractivity contribution in [1.82, 2.24) is 0 Å². The van der Waals surface area contributed by atoms with Crippen LogP contribution in [0.1, 0.15) is 60.3 Å². The molecule has 0 saturated carbocycles. The van der Waals surface area contributed by atoms with Crippen molar-refractivity contribution in [3.05, 3.63) is 12.2 Å². The first-order valence-electron chi connectivity index (χ1n) is 7.88. The quantitative estimate of drug-likeness (QED) is 0.410. The van der Waals surface area contributed by atoms with Gasteiger partial charge in [-0.2, -0.15) is 0 Å². The summed E-state index contributed by atoms with van der Waals surface area (Å²) < 4.78 is 12.2. The summed E-state index contributed by atoms with van der Waals surface area (Å²) in [5.74, 6) is 0. The van der Waals surface area contributed by atoms with Crippen molar-refractivity contribution in [3.63, 3.8) is 0 Å². The molecule has 0 saturated heterocycles. The van der Waals surface area contributed by atoms with Crippen molar-refractivity contribution in [2.75, 3.05) is 7.11 Å². The van der Waals surface area contributed by atoms with Crippen LogP contribution in [0.3, 0.4) is 0 Å². The maximum atomic E-state index is 6.59. The maximum Gasteiger partial charge on any atom is 0.192 e. The zero-order valence-corrected chi connectivity index (χ0v) is 16.0. The fourth-order valence-electron chi connectivity index (χ4n) is 2.09. The van der Waals surface area contributed by atoms with Crippen molar-refractivity contribution in [2.45, 2.75) is 90.6 Å². The van der Waals surface area contributed by atoms with E-state index in [4.69, 9.17) is 9.16 Å². The van der Waals surface area contributed by atoms with Crippen LogP contribution in [-0.4, -0.2) is 27.6 Å². The third kappa shape index (κ3) is 7.05. The first-order chi connectivity index (χ1) is 9.03. The molecule has 0 amide bonds. The maximum absolute atomic E-state index is 6.59. The van der Waals surface area contributed by atoms with Crippen molar-refractivity contribution >= 4 is 8.32 Å². The SMILES string of the molecule is C=C(C)C[C@@H](C[C@H](CCC)O[Si](C)(C)C(C)(C)C)OC. The molecule has 0 radical (unpaired) electrons. The van der Waals surface area contributed by atoms with Crippen LogP contribution < -0.4 is 0 Å². The lowest BCUT2D eigenvalue weighted by molar-refractivity contribution is 0.0466. The minimum Gasteiger partial charge on any atom is -0.414 e. The molecule has 0 aliphatic rings. The van der Waals surface area contributed by atoms with Crippen molar-refractivity contribution in [3.8, 4) is 0 Å². The van der Waals surface area contributed by atoms with Gasteiger partial charge in [-0.1, -0.05) is 39.7 Å². The van der Waals surface area contributed by atoms with Gasteiger partial charge in [-0.25, -0.2) is 0 Å². The Morgan fingerprint density at radius 1 is 1.20 bits per heavy atom. The molecule has 0 unspecified atom stereocenters. The number of hydrogen-bond donors (Lipinski definition) is 0. The Morgan fingerprint density at radius 2 is 1.75 bits per heavy atom. The van der Waals surface area contributed by atoms with E-state index in [0.29, 0.717) is 6.10 Å². The van der Waals surface area contributed by atoms with Crippen LogP contribution in [0.25, 0.3) is 0 Å². The van der Waals surface area contributed by atoms with Crippen molar-refractivity contribution in [2.24, 2.45) is 0 Å². The standard InChI is InChI=1S/C17H36O2Si/c1-10-11-15(13-16(18-7)12-14(2)3)19-20(8,9)17(4,5)6/h15-16H,2,10-13H2,1,3-9H3/t15-,16-/m0/s1. The highest BCUT2D eigenvalue weighted by Gasteiger charge is 2.39. The first-order valence-corrected chi connectivity index (χ1v) is 10.8. The Hall–Kier alpha value is -0.123. The topological polar surface area (TPSA) is 18.5 Å². The molecule has 0 aromatic rings. The third-order valence-corrected chi connectivity index (χ3v) is 8.85. The molecule has 0 aromatic heterocycles. The Kier molecular flexibility index (Phi) is 8.30. The predicted molar refractivity (Wildman–Crippen MR) is 91.8 cm³/mol. The largest absolute Gasteiger partial charge is 0.414 e. The second-order valence-corrected chi connectivity index (χ2v) is 12.3. The average Bonchev–Trinajstić information content (AvgIpc) is 2.25. The lowest BCUT2D eigenvalue weighted by atomic mass is 10.0. The van der Waals surface area contributed by atoms with Gasteiger partial charge in [0, 0.05) is 13.2 Å². The van der Waals surface area contributed by atoms with Gasteiger partial charge in [0.1, 0.15) is 0 Å². The Balaban J connectivity index is 4.75. The van der Waals surface area contributed by atoms with Gasteiger partial charge in [-0.3, -0.25) is 0 Å². The van der Waals surface area contributed by atoms with E-state index in [-0.39, 0.29) is 11.1 Å². The fraction of sp³-hybridized carbons (Fsp3) is 0.882. The number of hydrogen-bond acceptors (Lipinski definition) is 2. The fourth-order valence-corrected chi connectivity index (χ4v) is 3.49. The summed E-state index contributed by atoms with van der Waals surface area (Å²) in [6, 6.07) is 0. The zero-order chi connectivity index (χ0) is 16.0. The second-order valence-electron chi connectivity index (χ2n) is 7.54. The molecule has 0 aromatic carbocycles. The Morgan fingerprint density at radius 3 is 2.10 bits per heavy atom. The van der Waals surface area contributed by atoms with Crippen molar-refractivity contribution in [1.29, 1.82) is 0 Å². The Labute approximate surface area is 128 Å². The van der Waals surface area contributed by atoms with Crippen LogP contribution in [0.15, 0.2) is 12.2 Å². The highest BCUT2D eigenvalue weighted by atomic mass is 28.4. The Bertz CT molecular complexity index is 292. The highest BCUT2D eigenvalue weighted by molar-refractivity contribution is 6.74. The molecule has 0 bridgehead atoms. The van der Waals surface area contributed by atoms with Crippen LogP contribution in [-0.2, 0) is 9.16 Å². The van der Waals surface area contributed by atoms with E-state index in [0.717, 1.165) is 25.7 Å². The van der Waals surface area contributed by atoms with Crippen LogP contribution in [0, 0.1) is 0 Å². The van der Waals surface area contributed by atoms with Crippen LogP contribution >= 0.6 is 0 Å². The first kappa shape index (κ1) is 19.9. The van der Waals surface area contributed by atoms with Gasteiger partial charge in [0.2, 0.25) is 0 Å². The lowest BCUT2D eigenvalue weighted by Gasteiger charge is -2.40. The molecule has 2 nitrogen and oxygen atoms in total. The van der Waals surface area contributed by atoms with Crippen LogP contribution in [0.4, 0.5) is 0 Å². The minimum atomic E-state index is -1.70. The van der Waals surface area contributed by atoms with Crippen LogP contribution in [0.5, 0.6) is 0 Å². The van der Waals surface area contributed by atoms with E-state index in [1.54, 1.807) is 7.11 Å². The monoisotopic (exact) mass is 300 g/mol. The minimum absolute atomic E-state index is 0.230.